The van der Waals surface area contributed by atoms with Crippen LogP contribution in [-0.2, 0) is 65.4 Å². The Labute approximate surface area is 626 Å². The van der Waals surface area contributed by atoms with Gasteiger partial charge in [0.2, 0.25) is 0 Å². The van der Waals surface area contributed by atoms with Gasteiger partial charge in [0.25, 0.3) is 0 Å². The minimum Gasteiger partial charge on any atom is -0.462 e. The molecule has 3 N–H and O–H groups in total. The Hall–Kier alpha value is -1.94. The molecule has 0 aliphatic carbocycles. The number of hydrogen-bond acceptors (Lipinski definition) is 15. The minimum absolute atomic E-state index is 0.106. The number of aliphatic hydroxyl groups excluding tert-OH is 1. The smallest absolute Gasteiger partial charge is 0.462 e. The molecule has 0 aliphatic rings. The molecule has 0 radical (unpaired) electrons. The molecule has 17 nitrogen and oxygen atoms in total. The molecule has 0 aromatic rings. The second kappa shape index (κ2) is 74.5. The van der Waals surface area contributed by atoms with Gasteiger partial charge in [0.05, 0.1) is 26.4 Å². The van der Waals surface area contributed by atoms with Crippen LogP contribution in [0.25, 0.3) is 0 Å². The van der Waals surface area contributed by atoms with Crippen molar-refractivity contribution in [3.8, 4) is 0 Å². The van der Waals surface area contributed by atoms with Crippen molar-refractivity contribution in [2.75, 3.05) is 39.6 Å². The van der Waals surface area contributed by atoms with Crippen LogP contribution in [0, 0.1) is 11.8 Å². The van der Waals surface area contributed by atoms with Gasteiger partial charge in [0.15, 0.2) is 12.2 Å². The highest BCUT2D eigenvalue weighted by Gasteiger charge is 2.30. The highest BCUT2D eigenvalue weighted by atomic mass is 31.2. The summed E-state index contributed by atoms with van der Waals surface area (Å²) in [4.78, 5) is 73.1. The van der Waals surface area contributed by atoms with Crippen LogP contribution in [0.5, 0.6) is 0 Å². The molecular weight excluding hydrogens is 1330 g/mol. The Bertz CT molecular complexity index is 1960. The first-order chi connectivity index (χ1) is 49.4. The van der Waals surface area contributed by atoms with Gasteiger partial charge < -0.3 is 33.8 Å². The van der Waals surface area contributed by atoms with Crippen LogP contribution >= 0.6 is 15.6 Å². The van der Waals surface area contributed by atoms with Crippen molar-refractivity contribution in [1.29, 1.82) is 0 Å². The zero-order valence-electron chi connectivity index (χ0n) is 66.9. The van der Waals surface area contributed by atoms with Crippen molar-refractivity contribution in [3.63, 3.8) is 0 Å². The second-order valence-electron chi connectivity index (χ2n) is 30.8. The average molecular weight is 1490 g/mol. The molecule has 0 aliphatic heterocycles. The standard InChI is InChI=1S/C83H162O17P2/c1-7-9-11-13-15-17-19-21-23-24-25-26-27-28-29-31-33-37-41-49-55-61-67-82(87)99-78(71-93-80(85)65-59-53-47-40-36-32-30-22-20-18-16-14-12-10-8-2)73-97-101(89,90)95-69-77(84)70-96-102(91,92)98-74-79(72-94-81(86)66-60-54-48-44-43-46-52-58-64-76(5)6)100-83(88)68-62-56-50-42-38-34-35-39-45-51-57-63-75(3)4/h75-79,84H,7-74H2,1-6H3,(H,89,90)(H,91,92)/t77-,78-,79-/m1/s1. The van der Waals surface area contributed by atoms with Crippen LogP contribution in [0.2, 0.25) is 0 Å². The third kappa shape index (κ3) is 76.3. The molecule has 19 heteroatoms. The number of carbonyl (C=O) groups is 4. The largest absolute Gasteiger partial charge is 0.472 e. The zero-order valence-corrected chi connectivity index (χ0v) is 68.7. The summed E-state index contributed by atoms with van der Waals surface area (Å²) < 4.78 is 68.8. The highest BCUT2D eigenvalue weighted by Crippen LogP contribution is 2.45. The number of ether oxygens (including phenoxy) is 4. The summed E-state index contributed by atoms with van der Waals surface area (Å²) in [6.07, 6.45) is 65.4. The molecule has 0 saturated heterocycles. The molecule has 0 aromatic carbocycles. The van der Waals surface area contributed by atoms with E-state index in [0.29, 0.717) is 25.7 Å². The lowest BCUT2D eigenvalue weighted by Crippen LogP contribution is -2.30. The fourth-order valence-corrected chi connectivity index (χ4v) is 14.5. The van der Waals surface area contributed by atoms with Crippen molar-refractivity contribution in [2.24, 2.45) is 11.8 Å². The van der Waals surface area contributed by atoms with E-state index in [-0.39, 0.29) is 25.7 Å². The number of phosphoric acid groups is 2. The lowest BCUT2D eigenvalue weighted by Gasteiger charge is -2.21. The van der Waals surface area contributed by atoms with Crippen molar-refractivity contribution in [2.45, 2.75) is 458 Å². The van der Waals surface area contributed by atoms with Gasteiger partial charge in [-0.15, -0.1) is 0 Å². The van der Waals surface area contributed by atoms with Gasteiger partial charge in [0.1, 0.15) is 19.3 Å². The maximum atomic E-state index is 13.1. The molecule has 0 heterocycles. The molecule has 0 saturated carbocycles. The summed E-state index contributed by atoms with van der Waals surface area (Å²) >= 11 is 0. The Morgan fingerprint density at radius 3 is 0.667 bits per heavy atom. The van der Waals surface area contributed by atoms with Crippen molar-refractivity contribution < 1.29 is 80.2 Å². The molecule has 102 heavy (non-hydrogen) atoms. The van der Waals surface area contributed by atoms with Gasteiger partial charge in [-0.2, -0.15) is 0 Å². The number of rotatable bonds is 82. The van der Waals surface area contributed by atoms with E-state index in [0.717, 1.165) is 102 Å². The fourth-order valence-electron chi connectivity index (χ4n) is 12.9. The Balaban J connectivity index is 5.22. The SMILES string of the molecule is CCCCCCCCCCCCCCCCCCCCCCCCC(=O)O[C@H](COC(=O)CCCCCCCCCCCCCCCCC)COP(=O)(O)OC[C@@H](O)COP(=O)(O)OC[C@@H](COC(=O)CCCCCCCCCCC(C)C)OC(=O)CCCCCCCCCCCCCC(C)C. The van der Waals surface area contributed by atoms with Crippen LogP contribution in [0.3, 0.4) is 0 Å². The topological polar surface area (TPSA) is 237 Å². The third-order valence-corrected chi connectivity index (χ3v) is 21.4. The summed E-state index contributed by atoms with van der Waals surface area (Å²) in [6.45, 7) is 9.61. The number of aliphatic hydroxyl groups is 1. The van der Waals surface area contributed by atoms with Gasteiger partial charge in [-0.25, -0.2) is 9.13 Å². The molecule has 0 amide bonds. The number of carbonyl (C=O) groups excluding carboxylic acids is 4. The van der Waals surface area contributed by atoms with Crippen molar-refractivity contribution in [3.05, 3.63) is 0 Å². The molecule has 0 spiro atoms. The Morgan fingerprint density at radius 2 is 0.451 bits per heavy atom. The van der Waals surface area contributed by atoms with Crippen LogP contribution in [0.15, 0.2) is 0 Å². The first-order valence-corrected chi connectivity index (χ1v) is 46.0. The van der Waals surface area contributed by atoms with Crippen molar-refractivity contribution >= 4 is 39.5 Å². The quantitative estimate of drug-likeness (QED) is 0.0222. The predicted octanol–water partition coefficient (Wildman–Crippen LogP) is 25.1. The van der Waals surface area contributed by atoms with Gasteiger partial charge in [0, 0.05) is 25.7 Å². The molecular formula is C83H162O17P2. The maximum Gasteiger partial charge on any atom is 0.472 e. The molecule has 0 bridgehead atoms. The molecule has 0 rings (SSSR count). The average Bonchev–Trinajstić information content (AvgIpc) is 0.906. The first kappa shape index (κ1) is 100. The van der Waals surface area contributed by atoms with Crippen LogP contribution in [0.4, 0.5) is 0 Å². The minimum atomic E-state index is -4.96. The summed E-state index contributed by atoms with van der Waals surface area (Å²) in [7, 11) is -9.92. The van der Waals surface area contributed by atoms with E-state index in [9.17, 15) is 43.2 Å². The number of phosphoric ester groups is 2. The van der Waals surface area contributed by atoms with E-state index in [1.54, 1.807) is 0 Å². The van der Waals surface area contributed by atoms with Gasteiger partial charge in [-0.3, -0.25) is 37.3 Å². The van der Waals surface area contributed by atoms with E-state index in [1.807, 2.05) is 0 Å². The van der Waals surface area contributed by atoms with Crippen molar-refractivity contribution in [1.82, 2.24) is 0 Å². The normalized spacial score (nSPS) is 13.9. The van der Waals surface area contributed by atoms with E-state index in [4.69, 9.17) is 37.0 Å². The van der Waals surface area contributed by atoms with E-state index in [1.165, 1.54) is 257 Å². The van der Waals surface area contributed by atoms with Gasteiger partial charge >= 0.3 is 39.5 Å². The number of unbranched alkanes of at least 4 members (excludes halogenated alkanes) is 52. The summed E-state index contributed by atoms with van der Waals surface area (Å²) in [5.41, 5.74) is 0. The maximum absolute atomic E-state index is 13.1. The Morgan fingerprint density at radius 1 is 0.265 bits per heavy atom. The summed E-state index contributed by atoms with van der Waals surface area (Å²) in [5, 5.41) is 10.7. The molecule has 2 unspecified atom stereocenters. The highest BCUT2D eigenvalue weighted by molar-refractivity contribution is 7.47. The third-order valence-electron chi connectivity index (χ3n) is 19.5. The fraction of sp³-hybridized carbons (Fsp3) is 0.952. The predicted molar refractivity (Wildman–Crippen MR) is 418 cm³/mol. The molecule has 5 atom stereocenters. The summed E-state index contributed by atoms with van der Waals surface area (Å²) in [5.74, 6) is -0.616. The Kier molecular flexibility index (Phi) is 73.1. The van der Waals surface area contributed by atoms with Crippen LogP contribution in [0.1, 0.15) is 440 Å². The second-order valence-corrected chi connectivity index (χ2v) is 33.7. The van der Waals surface area contributed by atoms with Crippen LogP contribution < -0.4 is 0 Å². The van der Waals surface area contributed by atoms with E-state index >= 15 is 0 Å². The molecule has 0 aromatic heterocycles. The van der Waals surface area contributed by atoms with Gasteiger partial charge in [-0.1, -0.05) is 388 Å². The van der Waals surface area contributed by atoms with E-state index in [2.05, 4.69) is 41.5 Å². The lowest BCUT2D eigenvalue weighted by atomic mass is 10.0. The number of hydrogen-bond donors (Lipinski definition) is 3. The lowest BCUT2D eigenvalue weighted by molar-refractivity contribution is -0.161. The molecule has 0 fully saturated rings. The van der Waals surface area contributed by atoms with E-state index < -0.39 is 97.5 Å². The monoisotopic (exact) mass is 1490 g/mol. The molecule has 606 valence electrons. The van der Waals surface area contributed by atoms with Gasteiger partial charge in [-0.05, 0) is 37.5 Å². The first-order valence-electron chi connectivity index (χ1n) is 43.0. The zero-order chi connectivity index (χ0) is 74.9. The van der Waals surface area contributed by atoms with Crippen LogP contribution in [-0.4, -0.2) is 96.7 Å². The number of esters is 4. The summed E-state index contributed by atoms with van der Waals surface area (Å²) in [6, 6.07) is 0.